The molecular weight excluding hydrogens is 286 g/mol. The highest BCUT2D eigenvalue weighted by Crippen LogP contribution is 2.24. The van der Waals surface area contributed by atoms with Crippen molar-refractivity contribution in [3.05, 3.63) is 63.6 Å². The number of benzene rings is 1. The Morgan fingerprint density at radius 1 is 1.05 bits per heavy atom. The number of nitrogens with zero attached hydrogens (tertiary/aromatic N) is 3. The van der Waals surface area contributed by atoms with Crippen LogP contribution in [0.25, 0.3) is 10.6 Å². The molecule has 0 aliphatic carbocycles. The first-order valence-electron chi connectivity index (χ1n) is 6.15. The van der Waals surface area contributed by atoms with Gasteiger partial charge in [-0.2, -0.15) is 5.10 Å². The van der Waals surface area contributed by atoms with Crippen LogP contribution in [-0.4, -0.2) is 17.9 Å². The van der Waals surface area contributed by atoms with Crippen LogP contribution in [0, 0.1) is 0 Å². The molecule has 3 nitrogen and oxygen atoms in total. The summed E-state index contributed by atoms with van der Waals surface area (Å²) in [6.45, 7) is 0. The first-order valence-corrected chi connectivity index (χ1v) is 7.91. The number of hydrogen-bond donors (Lipinski definition) is 0. The van der Waals surface area contributed by atoms with Gasteiger partial charge in [0.05, 0.1) is 16.8 Å². The predicted octanol–water partition coefficient (Wildman–Crippen LogP) is 3.69. The SMILES string of the molecule is CN=c1scc(-c2cccs2)n1/N=C\c1ccccc1. The van der Waals surface area contributed by atoms with Crippen LogP contribution in [0.1, 0.15) is 5.56 Å². The van der Waals surface area contributed by atoms with Gasteiger partial charge in [0.15, 0.2) is 0 Å². The highest BCUT2D eigenvalue weighted by Gasteiger charge is 2.07. The molecule has 3 aromatic rings. The van der Waals surface area contributed by atoms with E-state index in [1.807, 2.05) is 47.3 Å². The van der Waals surface area contributed by atoms with Gasteiger partial charge < -0.3 is 0 Å². The third-order valence-corrected chi connectivity index (χ3v) is 4.57. The molecule has 0 bridgehead atoms. The second-order valence-electron chi connectivity index (χ2n) is 4.07. The lowest BCUT2D eigenvalue weighted by molar-refractivity contribution is 0.850. The Morgan fingerprint density at radius 3 is 2.60 bits per heavy atom. The zero-order valence-corrected chi connectivity index (χ0v) is 12.6. The van der Waals surface area contributed by atoms with Gasteiger partial charge in [-0.3, -0.25) is 4.99 Å². The summed E-state index contributed by atoms with van der Waals surface area (Å²) in [5, 5.41) is 8.74. The first-order chi connectivity index (χ1) is 9.88. The maximum Gasteiger partial charge on any atom is 0.205 e. The summed E-state index contributed by atoms with van der Waals surface area (Å²) < 4.78 is 1.89. The predicted molar refractivity (Wildman–Crippen MR) is 86.5 cm³/mol. The highest BCUT2D eigenvalue weighted by atomic mass is 32.1. The normalized spacial score (nSPS) is 12.3. The summed E-state index contributed by atoms with van der Waals surface area (Å²) in [6.07, 6.45) is 1.86. The fourth-order valence-electron chi connectivity index (χ4n) is 1.82. The van der Waals surface area contributed by atoms with E-state index in [1.54, 1.807) is 29.7 Å². The lowest BCUT2D eigenvalue weighted by Crippen LogP contribution is -2.11. The van der Waals surface area contributed by atoms with Crippen molar-refractivity contribution in [3.8, 4) is 10.6 Å². The summed E-state index contributed by atoms with van der Waals surface area (Å²) in [6, 6.07) is 14.2. The number of thiophene rings is 1. The van der Waals surface area contributed by atoms with Gasteiger partial charge in [0.1, 0.15) is 0 Å². The lowest BCUT2D eigenvalue weighted by Gasteiger charge is -2.00. The van der Waals surface area contributed by atoms with Crippen LogP contribution in [0.2, 0.25) is 0 Å². The number of rotatable bonds is 3. The van der Waals surface area contributed by atoms with Crippen LogP contribution in [0.3, 0.4) is 0 Å². The Hall–Kier alpha value is -1.98. The van der Waals surface area contributed by atoms with Crippen LogP contribution in [0.5, 0.6) is 0 Å². The minimum atomic E-state index is 0.889. The van der Waals surface area contributed by atoms with Gasteiger partial charge in [-0.25, -0.2) is 4.68 Å². The molecule has 0 aliphatic rings. The van der Waals surface area contributed by atoms with Gasteiger partial charge in [0, 0.05) is 12.4 Å². The maximum absolute atomic E-state index is 4.58. The Labute approximate surface area is 125 Å². The molecule has 0 atom stereocenters. The molecule has 20 heavy (non-hydrogen) atoms. The summed E-state index contributed by atoms with van der Waals surface area (Å²) in [4.78, 5) is 6.37. The van der Waals surface area contributed by atoms with Gasteiger partial charge in [-0.15, -0.1) is 22.7 Å². The summed E-state index contributed by atoms with van der Waals surface area (Å²) >= 11 is 3.30. The molecule has 0 aliphatic heterocycles. The van der Waals surface area contributed by atoms with Crippen LogP contribution in [0.15, 0.2) is 63.3 Å². The topological polar surface area (TPSA) is 29.6 Å². The summed E-state index contributed by atoms with van der Waals surface area (Å²) in [5.74, 6) is 0. The van der Waals surface area contributed by atoms with Crippen molar-refractivity contribution in [1.82, 2.24) is 4.68 Å². The average Bonchev–Trinajstić information content (AvgIpc) is 3.14. The Balaban J connectivity index is 2.05. The van der Waals surface area contributed by atoms with E-state index < -0.39 is 0 Å². The van der Waals surface area contributed by atoms with Crippen molar-refractivity contribution in [3.63, 3.8) is 0 Å². The van der Waals surface area contributed by atoms with Gasteiger partial charge in [0.25, 0.3) is 0 Å². The van der Waals surface area contributed by atoms with E-state index >= 15 is 0 Å². The van der Waals surface area contributed by atoms with E-state index in [1.165, 1.54) is 4.88 Å². The maximum atomic E-state index is 4.58. The zero-order valence-electron chi connectivity index (χ0n) is 10.9. The van der Waals surface area contributed by atoms with Crippen LogP contribution < -0.4 is 4.80 Å². The van der Waals surface area contributed by atoms with Crippen LogP contribution in [0.4, 0.5) is 0 Å². The van der Waals surface area contributed by atoms with E-state index in [0.29, 0.717) is 0 Å². The molecule has 5 heteroatoms. The molecule has 0 amide bonds. The molecule has 2 aromatic heterocycles. The Bertz CT molecular complexity index is 765. The van der Waals surface area contributed by atoms with Crippen LogP contribution in [-0.2, 0) is 0 Å². The number of aromatic nitrogens is 1. The van der Waals surface area contributed by atoms with Crippen molar-refractivity contribution in [2.75, 3.05) is 7.05 Å². The molecule has 3 rings (SSSR count). The molecule has 0 fully saturated rings. The first kappa shape index (κ1) is 13.0. The van der Waals surface area contributed by atoms with Crippen molar-refractivity contribution < 1.29 is 0 Å². The second-order valence-corrected chi connectivity index (χ2v) is 5.86. The largest absolute Gasteiger partial charge is 0.261 e. The second kappa shape index (κ2) is 5.98. The Kier molecular flexibility index (Phi) is 3.90. The van der Waals surface area contributed by atoms with Gasteiger partial charge in [-0.05, 0) is 17.0 Å². The molecule has 0 saturated carbocycles. The quantitative estimate of drug-likeness (QED) is 0.660. The molecule has 100 valence electrons. The molecule has 0 N–H and O–H groups in total. The molecule has 2 heterocycles. The summed E-state index contributed by atoms with van der Waals surface area (Å²) in [5.41, 5.74) is 2.16. The molecule has 0 radical (unpaired) electrons. The molecule has 1 aromatic carbocycles. The van der Waals surface area contributed by atoms with Crippen molar-refractivity contribution in [2.24, 2.45) is 10.1 Å². The fourth-order valence-corrected chi connectivity index (χ4v) is 3.42. The molecular formula is C15H13N3S2. The van der Waals surface area contributed by atoms with E-state index in [-0.39, 0.29) is 0 Å². The van der Waals surface area contributed by atoms with Gasteiger partial charge in [-0.1, -0.05) is 36.4 Å². The smallest absolute Gasteiger partial charge is 0.205 e. The summed E-state index contributed by atoms with van der Waals surface area (Å²) in [7, 11) is 1.79. The van der Waals surface area contributed by atoms with Crippen LogP contribution >= 0.6 is 22.7 Å². The van der Waals surface area contributed by atoms with Gasteiger partial charge in [0.2, 0.25) is 4.80 Å². The van der Waals surface area contributed by atoms with Crippen molar-refractivity contribution >= 4 is 28.9 Å². The molecule has 0 spiro atoms. The lowest BCUT2D eigenvalue weighted by atomic mass is 10.2. The minimum Gasteiger partial charge on any atom is -0.261 e. The monoisotopic (exact) mass is 299 g/mol. The standard InChI is InChI=1S/C15H13N3S2/c1-16-15-18(17-10-12-6-3-2-4-7-12)13(11-20-15)14-8-5-9-19-14/h2-11H,1H3/b16-15?,17-10-. The number of thiazole rings is 1. The third-order valence-electron chi connectivity index (χ3n) is 2.77. The molecule has 0 unspecified atom stereocenters. The van der Waals surface area contributed by atoms with E-state index in [2.05, 4.69) is 26.9 Å². The van der Waals surface area contributed by atoms with E-state index in [0.717, 1.165) is 16.1 Å². The van der Waals surface area contributed by atoms with E-state index in [4.69, 9.17) is 0 Å². The Morgan fingerprint density at radius 2 is 1.90 bits per heavy atom. The minimum absolute atomic E-state index is 0.889. The van der Waals surface area contributed by atoms with Crippen molar-refractivity contribution in [1.29, 1.82) is 0 Å². The zero-order chi connectivity index (χ0) is 13.8. The highest BCUT2D eigenvalue weighted by molar-refractivity contribution is 7.14. The third kappa shape index (κ3) is 2.64. The van der Waals surface area contributed by atoms with E-state index in [9.17, 15) is 0 Å². The molecule has 0 saturated heterocycles. The average molecular weight is 299 g/mol. The van der Waals surface area contributed by atoms with Gasteiger partial charge >= 0.3 is 0 Å². The van der Waals surface area contributed by atoms with Crippen molar-refractivity contribution in [2.45, 2.75) is 0 Å². The fraction of sp³-hybridized carbons (Fsp3) is 0.0667. The number of hydrogen-bond acceptors (Lipinski definition) is 4.